The molecule has 0 saturated heterocycles. The van der Waals surface area contributed by atoms with Crippen molar-refractivity contribution in [1.29, 1.82) is 0 Å². The number of aliphatic hydroxyl groups is 1. The van der Waals surface area contributed by atoms with Gasteiger partial charge in [0, 0.05) is 28.4 Å². The van der Waals surface area contributed by atoms with Gasteiger partial charge in [-0.25, -0.2) is 0 Å². The number of Topliss-reactive ketones (excluding diaryl/α,β-unsaturated/α-hetero) is 1. The van der Waals surface area contributed by atoms with Gasteiger partial charge in [0.05, 0.1) is 11.9 Å². The van der Waals surface area contributed by atoms with E-state index in [9.17, 15) is 9.90 Å². The molecule has 0 aliphatic rings. The van der Waals surface area contributed by atoms with Crippen molar-refractivity contribution in [3.63, 3.8) is 0 Å². The van der Waals surface area contributed by atoms with Gasteiger partial charge in [-0.2, -0.15) is 11.8 Å². The lowest BCUT2D eigenvalue weighted by molar-refractivity contribution is 0.102. The molecule has 2 N–H and O–H groups in total. The zero-order chi connectivity index (χ0) is 15.4. The molecule has 4 heteroatoms. The lowest BCUT2D eigenvalue weighted by atomic mass is 10.1. The maximum Gasteiger partial charge on any atom is 0.174 e. The van der Waals surface area contributed by atoms with Gasteiger partial charge >= 0.3 is 0 Å². The number of ketones is 1. The van der Waals surface area contributed by atoms with Crippen LogP contribution in [0, 0.1) is 0 Å². The summed E-state index contributed by atoms with van der Waals surface area (Å²) in [6, 6.07) is 17.3. The third kappa shape index (κ3) is 3.24. The highest BCUT2D eigenvalue weighted by molar-refractivity contribution is 8.00. The molecule has 1 aromatic heterocycles. The van der Waals surface area contributed by atoms with Crippen LogP contribution in [0.5, 0.6) is 0 Å². The molecule has 0 radical (unpaired) electrons. The van der Waals surface area contributed by atoms with Crippen LogP contribution in [0.3, 0.4) is 0 Å². The van der Waals surface area contributed by atoms with E-state index in [1.807, 2.05) is 54.6 Å². The molecule has 3 rings (SSSR count). The Morgan fingerprint density at radius 3 is 2.64 bits per heavy atom. The molecule has 0 aliphatic carbocycles. The number of nitrogens with one attached hydrogen (secondary N) is 1. The van der Waals surface area contributed by atoms with E-state index in [4.69, 9.17) is 0 Å². The molecule has 0 bridgehead atoms. The molecule has 1 unspecified atom stereocenters. The first kappa shape index (κ1) is 14.9. The van der Waals surface area contributed by atoms with Crippen molar-refractivity contribution >= 4 is 28.4 Å². The molecule has 112 valence electrons. The van der Waals surface area contributed by atoms with E-state index in [1.54, 1.807) is 6.20 Å². The van der Waals surface area contributed by atoms with Crippen LogP contribution >= 0.6 is 11.8 Å². The molecule has 0 spiro atoms. The summed E-state index contributed by atoms with van der Waals surface area (Å²) in [7, 11) is 0. The van der Waals surface area contributed by atoms with E-state index < -0.39 is 6.10 Å². The number of hydrogen-bond donors (Lipinski definition) is 2. The number of aromatic nitrogens is 1. The topological polar surface area (TPSA) is 53.1 Å². The van der Waals surface area contributed by atoms with E-state index in [1.165, 1.54) is 11.8 Å². The summed E-state index contributed by atoms with van der Waals surface area (Å²) in [5.74, 6) is 0.965. The molecular weight excluding hydrogens is 294 g/mol. The summed E-state index contributed by atoms with van der Waals surface area (Å²) < 4.78 is 0. The number of aliphatic hydroxyl groups excluding tert-OH is 1. The van der Waals surface area contributed by atoms with Crippen LogP contribution in [0.15, 0.2) is 60.8 Å². The van der Waals surface area contributed by atoms with Gasteiger partial charge in [0.2, 0.25) is 0 Å². The quantitative estimate of drug-likeness (QED) is 0.681. The zero-order valence-corrected chi connectivity index (χ0v) is 12.8. The summed E-state index contributed by atoms with van der Waals surface area (Å²) in [5, 5.41) is 11.1. The number of rotatable bonds is 6. The van der Waals surface area contributed by atoms with Crippen molar-refractivity contribution in [2.75, 3.05) is 11.5 Å². The summed E-state index contributed by atoms with van der Waals surface area (Å²) in [5.41, 5.74) is 2.58. The van der Waals surface area contributed by atoms with Crippen LogP contribution in [0.1, 0.15) is 22.0 Å². The van der Waals surface area contributed by atoms with E-state index in [-0.39, 0.29) is 5.78 Å². The van der Waals surface area contributed by atoms with Gasteiger partial charge in [0.1, 0.15) is 0 Å². The van der Waals surface area contributed by atoms with Crippen molar-refractivity contribution in [2.24, 2.45) is 0 Å². The van der Waals surface area contributed by atoms with Crippen LogP contribution in [0.25, 0.3) is 10.9 Å². The van der Waals surface area contributed by atoms with Crippen molar-refractivity contribution in [1.82, 2.24) is 4.98 Å². The molecular formula is C18H17NO2S. The molecule has 0 amide bonds. The molecule has 0 fully saturated rings. The highest BCUT2D eigenvalue weighted by Gasteiger charge is 2.13. The summed E-state index contributed by atoms with van der Waals surface area (Å²) >= 11 is 1.46. The Morgan fingerprint density at radius 2 is 1.82 bits per heavy atom. The Bertz CT molecular complexity index is 767. The number of fused-ring (bicyclic) bond motifs is 1. The predicted molar refractivity (Wildman–Crippen MR) is 91.4 cm³/mol. The van der Waals surface area contributed by atoms with Gasteiger partial charge in [-0.3, -0.25) is 4.79 Å². The first-order valence-corrected chi connectivity index (χ1v) is 8.31. The highest BCUT2D eigenvalue weighted by atomic mass is 32.2. The maximum atomic E-state index is 12.3. The Kier molecular flexibility index (Phi) is 4.61. The van der Waals surface area contributed by atoms with E-state index >= 15 is 0 Å². The molecule has 3 aromatic rings. The van der Waals surface area contributed by atoms with Gasteiger partial charge in [-0.05, 0) is 11.6 Å². The molecule has 3 nitrogen and oxygen atoms in total. The number of thioether (sulfide) groups is 1. The summed E-state index contributed by atoms with van der Waals surface area (Å²) in [4.78, 5) is 15.4. The average molecular weight is 311 g/mol. The van der Waals surface area contributed by atoms with Crippen molar-refractivity contribution < 1.29 is 9.90 Å². The molecule has 1 heterocycles. The lowest BCUT2D eigenvalue weighted by Gasteiger charge is -2.09. The van der Waals surface area contributed by atoms with Crippen LogP contribution < -0.4 is 0 Å². The largest absolute Gasteiger partial charge is 0.388 e. The molecule has 1 atom stereocenters. The predicted octanol–water partition coefficient (Wildman–Crippen LogP) is 3.82. The first-order valence-electron chi connectivity index (χ1n) is 7.16. The molecule has 2 aromatic carbocycles. The fraction of sp³-hybridized carbons (Fsp3) is 0.167. The third-order valence-electron chi connectivity index (χ3n) is 3.58. The number of H-pyrrole nitrogens is 1. The highest BCUT2D eigenvalue weighted by Crippen LogP contribution is 2.22. The van der Waals surface area contributed by atoms with Crippen LogP contribution in [-0.4, -0.2) is 27.4 Å². The molecule has 0 saturated carbocycles. The number of carbonyl (C=O) groups excluding carboxylic acids is 1. The van der Waals surface area contributed by atoms with Crippen molar-refractivity contribution in [3.05, 3.63) is 71.9 Å². The standard InChI is InChI=1S/C18H17NO2S/c20-17(13-6-2-1-3-7-13)11-22-12-18(21)15-10-19-16-9-5-4-8-14(15)16/h1-10,17,19-20H,11-12H2. The first-order chi connectivity index (χ1) is 10.8. The van der Waals surface area contributed by atoms with Crippen LogP contribution in [0.4, 0.5) is 0 Å². The average Bonchev–Trinajstić information content (AvgIpc) is 2.99. The van der Waals surface area contributed by atoms with Crippen molar-refractivity contribution in [2.45, 2.75) is 6.10 Å². The van der Waals surface area contributed by atoms with Crippen LogP contribution in [-0.2, 0) is 0 Å². The van der Waals surface area contributed by atoms with Gasteiger partial charge in [-0.15, -0.1) is 0 Å². The van der Waals surface area contributed by atoms with Crippen molar-refractivity contribution in [3.8, 4) is 0 Å². The summed E-state index contributed by atoms with van der Waals surface area (Å²) in [6.07, 6.45) is 1.23. The van der Waals surface area contributed by atoms with Gasteiger partial charge in [-0.1, -0.05) is 48.5 Å². The SMILES string of the molecule is O=C(CSCC(O)c1ccccc1)c1c[nH]c2ccccc12. The number of carbonyl (C=O) groups is 1. The van der Waals surface area contributed by atoms with Gasteiger partial charge < -0.3 is 10.1 Å². The normalized spacial score (nSPS) is 12.4. The lowest BCUT2D eigenvalue weighted by Crippen LogP contribution is -2.06. The van der Waals surface area contributed by atoms with E-state index in [0.717, 1.165) is 22.0 Å². The van der Waals surface area contributed by atoms with Crippen LogP contribution in [0.2, 0.25) is 0 Å². The number of benzene rings is 2. The number of para-hydroxylation sites is 1. The minimum absolute atomic E-state index is 0.0858. The van der Waals surface area contributed by atoms with E-state index in [2.05, 4.69) is 4.98 Å². The monoisotopic (exact) mass is 311 g/mol. The number of aromatic amines is 1. The fourth-order valence-electron chi connectivity index (χ4n) is 2.41. The maximum absolute atomic E-state index is 12.3. The fourth-order valence-corrected chi connectivity index (χ4v) is 3.29. The minimum Gasteiger partial charge on any atom is -0.388 e. The van der Waals surface area contributed by atoms with Gasteiger partial charge in [0.15, 0.2) is 5.78 Å². The molecule has 0 aliphatic heterocycles. The third-order valence-corrected chi connectivity index (χ3v) is 4.60. The second kappa shape index (κ2) is 6.81. The Balaban J connectivity index is 1.59. The Morgan fingerprint density at radius 1 is 1.09 bits per heavy atom. The van der Waals surface area contributed by atoms with Gasteiger partial charge in [0.25, 0.3) is 0 Å². The molecule has 22 heavy (non-hydrogen) atoms. The Hall–Kier alpha value is -2.04. The second-order valence-electron chi connectivity index (χ2n) is 5.11. The summed E-state index contributed by atoms with van der Waals surface area (Å²) in [6.45, 7) is 0. The minimum atomic E-state index is -0.540. The second-order valence-corrected chi connectivity index (χ2v) is 6.14. The number of hydrogen-bond acceptors (Lipinski definition) is 3. The Labute approximate surface area is 133 Å². The van der Waals surface area contributed by atoms with E-state index in [0.29, 0.717) is 11.5 Å². The smallest absolute Gasteiger partial charge is 0.174 e. The zero-order valence-electron chi connectivity index (χ0n) is 12.0.